The number of anilines is 1. The molecule has 3 rings (SSSR count). The summed E-state index contributed by atoms with van der Waals surface area (Å²) in [5.41, 5.74) is 6.24. The molecule has 1 aliphatic rings. The third kappa shape index (κ3) is 11.4. The first-order chi connectivity index (χ1) is 20.2. The van der Waals surface area contributed by atoms with E-state index in [0.29, 0.717) is 54.2 Å². The molecule has 0 unspecified atom stereocenters. The summed E-state index contributed by atoms with van der Waals surface area (Å²) >= 11 is 2.61. The molecule has 2 aromatic rings. The molecular formula is C28H46N5O7PS2. The van der Waals surface area contributed by atoms with Crippen LogP contribution in [0.4, 0.5) is 5.82 Å². The first kappa shape index (κ1) is 35.9. The van der Waals surface area contributed by atoms with Crippen molar-refractivity contribution in [2.24, 2.45) is 10.8 Å². The van der Waals surface area contributed by atoms with Crippen LogP contribution in [-0.4, -0.2) is 67.2 Å². The summed E-state index contributed by atoms with van der Waals surface area (Å²) in [4.78, 5) is 36.8. The van der Waals surface area contributed by atoms with E-state index in [4.69, 9.17) is 24.0 Å². The van der Waals surface area contributed by atoms with Gasteiger partial charge in [0, 0.05) is 22.3 Å². The number of hydrogen-bond donors (Lipinski definition) is 1. The van der Waals surface area contributed by atoms with Gasteiger partial charge in [-0.2, -0.15) is 0 Å². The number of carbonyl (C=O) groups is 2. The zero-order valence-electron chi connectivity index (χ0n) is 26.1. The summed E-state index contributed by atoms with van der Waals surface area (Å²) in [6, 6.07) is 0. The number of carbonyl (C=O) groups excluding carboxylic acids is 2. The minimum atomic E-state index is -3.87. The standard InChI is InChI=1S/C28H46N5O7PS2/c1-27(2,3)25(34)42-15-9-7-13-37-41(36,38-14-8-10-16-43-26(35)28(4,5)6)39-17-20-11-12-21(40-20)33-19-32-22-23(29)30-18-31-24(22)33/h18-21H,7-17H2,1-6H3,(H2,29,30,31)/t20-,21+/m0/s1. The molecule has 0 amide bonds. The van der Waals surface area contributed by atoms with Gasteiger partial charge in [0.15, 0.2) is 21.7 Å². The van der Waals surface area contributed by atoms with E-state index in [1.807, 2.05) is 46.1 Å². The molecule has 0 aliphatic carbocycles. The SMILES string of the molecule is CC(C)(C)C(=O)SCCCCOP(=O)(OCCCCSC(=O)C(C)(C)C)OC[C@@H]1CC[C@H](n2cnc3c(N)ncnc32)O1. The van der Waals surface area contributed by atoms with Crippen molar-refractivity contribution in [1.29, 1.82) is 0 Å². The van der Waals surface area contributed by atoms with Crippen molar-refractivity contribution in [2.45, 2.75) is 92.4 Å². The van der Waals surface area contributed by atoms with Crippen LogP contribution < -0.4 is 5.73 Å². The summed E-state index contributed by atoms with van der Waals surface area (Å²) in [5, 5.41) is 0.283. The number of phosphoric ester groups is 1. The fourth-order valence-corrected chi connectivity index (χ4v) is 7.12. The van der Waals surface area contributed by atoms with E-state index in [1.54, 1.807) is 6.33 Å². The van der Waals surface area contributed by atoms with Crippen LogP contribution in [0, 0.1) is 10.8 Å². The maximum Gasteiger partial charge on any atom is 0.474 e. The molecule has 0 aromatic carbocycles. The van der Waals surface area contributed by atoms with E-state index >= 15 is 0 Å². The number of nitrogen functional groups attached to an aromatic ring is 1. The van der Waals surface area contributed by atoms with Gasteiger partial charge in [0.1, 0.15) is 18.1 Å². The van der Waals surface area contributed by atoms with Gasteiger partial charge < -0.3 is 10.5 Å². The van der Waals surface area contributed by atoms with Gasteiger partial charge in [0.05, 0.1) is 32.3 Å². The van der Waals surface area contributed by atoms with Gasteiger partial charge in [-0.1, -0.05) is 65.1 Å². The molecule has 3 heterocycles. The number of nitrogens with zero attached hydrogens (tertiary/aromatic N) is 4. The molecule has 0 spiro atoms. The second-order valence-corrected chi connectivity index (χ2v) is 16.3. The summed E-state index contributed by atoms with van der Waals surface area (Å²) in [6.07, 6.45) is 6.38. The molecule has 1 fully saturated rings. The third-order valence-electron chi connectivity index (χ3n) is 6.47. The summed E-state index contributed by atoms with van der Waals surface area (Å²) < 4.78 is 38.6. The Morgan fingerprint density at radius 1 is 0.930 bits per heavy atom. The van der Waals surface area contributed by atoms with Gasteiger partial charge in [-0.3, -0.25) is 27.7 Å². The van der Waals surface area contributed by atoms with Crippen molar-refractivity contribution in [1.82, 2.24) is 19.5 Å². The Bertz CT molecular complexity index is 1220. The third-order valence-corrected chi connectivity index (χ3v) is 10.7. The van der Waals surface area contributed by atoms with E-state index in [9.17, 15) is 14.2 Å². The highest BCUT2D eigenvalue weighted by Crippen LogP contribution is 2.50. The zero-order valence-corrected chi connectivity index (χ0v) is 28.6. The number of fused-ring (bicyclic) bond motifs is 1. The predicted molar refractivity (Wildman–Crippen MR) is 171 cm³/mol. The Hall–Kier alpha value is -1.54. The zero-order chi connectivity index (χ0) is 31.7. The van der Waals surface area contributed by atoms with E-state index in [-0.39, 0.29) is 53.2 Å². The lowest BCUT2D eigenvalue weighted by Gasteiger charge is -2.21. The van der Waals surface area contributed by atoms with Gasteiger partial charge in [-0.25, -0.2) is 19.5 Å². The van der Waals surface area contributed by atoms with Crippen LogP contribution in [0.5, 0.6) is 0 Å². The Morgan fingerprint density at radius 2 is 1.51 bits per heavy atom. The average Bonchev–Trinajstić information content (AvgIpc) is 3.58. The summed E-state index contributed by atoms with van der Waals surface area (Å²) in [6.45, 7) is 11.8. The van der Waals surface area contributed by atoms with E-state index in [1.165, 1.54) is 29.9 Å². The van der Waals surface area contributed by atoms with Gasteiger partial charge in [0.25, 0.3) is 0 Å². The fourth-order valence-electron chi connectivity index (χ4n) is 3.90. The predicted octanol–water partition coefficient (Wildman–Crippen LogP) is 6.42. The van der Waals surface area contributed by atoms with E-state index in [2.05, 4.69) is 15.0 Å². The number of nitrogens with two attached hydrogens (primary N) is 1. The van der Waals surface area contributed by atoms with Crippen LogP contribution >= 0.6 is 31.3 Å². The normalized spacial score (nSPS) is 18.0. The first-order valence-corrected chi connectivity index (χ1v) is 18.1. The summed E-state index contributed by atoms with van der Waals surface area (Å²) in [5.74, 6) is 1.62. The minimum Gasteiger partial charge on any atom is -0.382 e. The number of imidazole rings is 1. The van der Waals surface area contributed by atoms with Crippen LogP contribution in [0.1, 0.15) is 86.3 Å². The number of ether oxygens (including phenoxy) is 1. The topological polar surface area (TPSA) is 158 Å². The molecule has 2 N–H and O–H groups in total. The average molecular weight is 660 g/mol. The summed E-state index contributed by atoms with van der Waals surface area (Å²) in [7, 11) is -3.87. The van der Waals surface area contributed by atoms with Gasteiger partial charge >= 0.3 is 7.82 Å². The Balaban J connectivity index is 1.48. The van der Waals surface area contributed by atoms with Crippen molar-refractivity contribution in [3.63, 3.8) is 0 Å². The number of thioether (sulfide) groups is 2. The molecule has 1 aliphatic heterocycles. The van der Waals surface area contributed by atoms with Crippen molar-refractivity contribution in [3.05, 3.63) is 12.7 Å². The highest BCUT2D eigenvalue weighted by molar-refractivity contribution is 8.14. The Kier molecular flexibility index (Phi) is 13.5. The highest BCUT2D eigenvalue weighted by atomic mass is 32.2. The second kappa shape index (κ2) is 16.1. The quantitative estimate of drug-likeness (QED) is 0.156. The largest absolute Gasteiger partial charge is 0.474 e. The smallest absolute Gasteiger partial charge is 0.382 e. The lowest BCUT2D eigenvalue weighted by atomic mass is 9.99. The van der Waals surface area contributed by atoms with Gasteiger partial charge in [-0.15, -0.1) is 0 Å². The lowest BCUT2D eigenvalue weighted by Crippen LogP contribution is -2.17. The van der Waals surface area contributed by atoms with E-state index in [0.717, 1.165) is 12.8 Å². The van der Waals surface area contributed by atoms with E-state index < -0.39 is 7.82 Å². The molecule has 2 aromatic heterocycles. The van der Waals surface area contributed by atoms with Crippen molar-refractivity contribution < 1.29 is 32.5 Å². The molecule has 2 atom stereocenters. The van der Waals surface area contributed by atoms with Crippen molar-refractivity contribution >= 4 is 58.6 Å². The number of aromatic nitrogens is 4. The number of phosphoric acid groups is 1. The van der Waals surface area contributed by atoms with Crippen LogP contribution in [0.2, 0.25) is 0 Å². The monoisotopic (exact) mass is 659 g/mol. The van der Waals surface area contributed by atoms with Gasteiger partial charge in [0.2, 0.25) is 0 Å². The van der Waals surface area contributed by atoms with Crippen molar-refractivity contribution in [3.8, 4) is 0 Å². The molecule has 12 nitrogen and oxygen atoms in total. The van der Waals surface area contributed by atoms with Gasteiger partial charge in [-0.05, 0) is 38.5 Å². The molecule has 0 radical (unpaired) electrons. The Morgan fingerprint density at radius 3 is 2.07 bits per heavy atom. The molecule has 15 heteroatoms. The maximum atomic E-state index is 13.6. The van der Waals surface area contributed by atoms with Crippen LogP contribution in [-0.2, 0) is 32.5 Å². The number of hydrogen-bond acceptors (Lipinski definition) is 13. The number of rotatable bonds is 16. The van der Waals surface area contributed by atoms with Crippen molar-refractivity contribution in [2.75, 3.05) is 37.1 Å². The molecule has 1 saturated heterocycles. The molecule has 0 saturated carbocycles. The van der Waals surface area contributed by atoms with Crippen LogP contribution in [0.3, 0.4) is 0 Å². The first-order valence-electron chi connectivity index (χ1n) is 14.7. The molecular weight excluding hydrogens is 613 g/mol. The molecule has 0 bridgehead atoms. The lowest BCUT2D eigenvalue weighted by molar-refractivity contribution is -0.118. The minimum absolute atomic E-state index is 0.0312. The highest BCUT2D eigenvalue weighted by Gasteiger charge is 2.33. The van der Waals surface area contributed by atoms with Crippen LogP contribution in [0.15, 0.2) is 12.7 Å². The molecule has 43 heavy (non-hydrogen) atoms. The number of unbranched alkanes of at least 4 members (excludes halogenated alkanes) is 2. The Labute approximate surface area is 262 Å². The maximum absolute atomic E-state index is 13.6. The fraction of sp³-hybridized carbons (Fsp3) is 0.750. The van der Waals surface area contributed by atoms with Crippen LogP contribution in [0.25, 0.3) is 11.2 Å². The second-order valence-electron chi connectivity index (χ2n) is 12.5. The molecule has 242 valence electrons.